The molecule has 3 rings (SSSR count). The molecule has 1 saturated heterocycles. The Balaban J connectivity index is 1.91. The highest BCUT2D eigenvalue weighted by molar-refractivity contribution is 7.89. The molecular formula is C23H26Cl2N4O4S. The number of nitriles is 1. The summed E-state index contributed by atoms with van der Waals surface area (Å²) in [5.74, 6) is 0. The summed E-state index contributed by atoms with van der Waals surface area (Å²) in [6, 6.07) is 11.4. The van der Waals surface area contributed by atoms with Crippen molar-refractivity contribution in [2.24, 2.45) is 0 Å². The first-order valence-electron chi connectivity index (χ1n) is 10.5. The molecule has 0 N–H and O–H groups in total. The zero-order chi connectivity index (χ0) is 25.3. The fraction of sp³-hybridized carbons (Fsp3) is 0.391. The number of piperazine rings is 1. The van der Waals surface area contributed by atoms with Crippen LogP contribution in [0.5, 0.6) is 0 Å². The van der Waals surface area contributed by atoms with Crippen LogP contribution in [0.15, 0.2) is 41.3 Å². The summed E-state index contributed by atoms with van der Waals surface area (Å²) < 4.78 is 34.0. The van der Waals surface area contributed by atoms with Gasteiger partial charge in [0.2, 0.25) is 10.0 Å². The molecule has 0 unspecified atom stereocenters. The van der Waals surface area contributed by atoms with Gasteiger partial charge in [-0.05, 0) is 57.2 Å². The Labute approximate surface area is 210 Å². The van der Waals surface area contributed by atoms with Gasteiger partial charge in [-0.1, -0.05) is 23.2 Å². The van der Waals surface area contributed by atoms with E-state index in [9.17, 15) is 18.5 Å². The van der Waals surface area contributed by atoms with Crippen molar-refractivity contribution in [3.63, 3.8) is 0 Å². The molecule has 0 atom stereocenters. The number of benzene rings is 2. The molecule has 0 bridgehead atoms. The molecule has 2 aromatic rings. The smallest absolute Gasteiger partial charge is 0.410 e. The van der Waals surface area contributed by atoms with Gasteiger partial charge in [0.05, 0.1) is 17.3 Å². The molecule has 1 aliphatic heterocycles. The summed E-state index contributed by atoms with van der Waals surface area (Å²) in [5, 5.41) is 10.2. The number of ether oxygens (including phenoxy) is 1. The molecule has 0 radical (unpaired) electrons. The van der Waals surface area contributed by atoms with E-state index in [0.717, 1.165) is 0 Å². The molecule has 0 saturated carbocycles. The number of carbonyl (C=O) groups is 1. The summed E-state index contributed by atoms with van der Waals surface area (Å²) in [6.45, 7) is 5.92. The highest BCUT2D eigenvalue weighted by Gasteiger charge is 2.34. The van der Waals surface area contributed by atoms with E-state index < -0.39 is 21.7 Å². The van der Waals surface area contributed by atoms with Crippen LogP contribution in [0.25, 0.3) is 0 Å². The van der Waals surface area contributed by atoms with Crippen molar-refractivity contribution in [3.8, 4) is 6.07 Å². The maximum Gasteiger partial charge on any atom is 0.410 e. The molecule has 8 nitrogen and oxygen atoms in total. The van der Waals surface area contributed by atoms with Crippen molar-refractivity contribution >= 4 is 50.7 Å². The number of hydrogen-bond donors (Lipinski definition) is 0. The molecule has 34 heavy (non-hydrogen) atoms. The molecule has 1 heterocycles. The highest BCUT2D eigenvalue weighted by atomic mass is 35.5. The molecule has 0 spiro atoms. The fourth-order valence-corrected chi connectivity index (χ4v) is 5.70. The van der Waals surface area contributed by atoms with Crippen molar-refractivity contribution < 1.29 is 17.9 Å². The van der Waals surface area contributed by atoms with Crippen LogP contribution in [0.2, 0.25) is 10.0 Å². The van der Waals surface area contributed by atoms with E-state index in [1.165, 1.54) is 15.3 Å². The van der Waals surface area contributed by atoms with Crippen molar-refractivity contribution in [1.82, 2.24) is 9.21 Å². The third kappa shape index (κ3) is 5.94. The highest BCUT2D eigenvalue weighted by Crippen LogP contribution is 2.35. The van der Waals surface area contributed by atoms with Crippen LogP contribution in [0.1, 0.15) is 26.3 Å². The van der Waals surface area contributed by atoms with Gasteiger partial charge in [-0.3, -0.25) is 0 Å². The summed E-state index contributed by atoms with van der Waals surface area (Å²) >= 11 is 12.3. The second kappa shape index (κ2) is 10.0. The van der Waals surface area contributed by atoms with Crippen LogP contribution in [0.4, 0.5) is 16.2 Å². The van der Waals surface area contributed by atoms with Gasteiger partial charge in [-0.15, -0.1) is 0 Å². The third-order valence-corrected chi connectivity index (χ3v) is 7.56. The van der Waals surface area contributed by atoms with Gasteiger partial charge in [-0.2, -0.15) is 9.57 Å². The Morgan fingerprint density at radius 1 is 1.06 bits per heavy atom. The first kappa shape index (κ1) is 26.1. The maximum absolute atomic E-state index is 13.7. The monoisotopic (exact) mass is 524 g/mol. The predicted octanol–water partition coefficient (Wildman–Crippen LogP) is 4.87. The molecule has 1 aliphatic rings. The number of halogens is 2. The average molecular weight is 525 g/mol. The van der Waals surface area contributed by atoms with E-state index >= 15 is 0 Å². The molecular weight excluding hydrogens is 499 g/mol. The van der Waals surface area contributed by atoms with E-state index in [1.54, 1.807) is 63.1 Å². The standard InChI is InChI=1S/C23H26Cl2N4O4S/c1-23(2,3)33-22(30)28-7-9-29(10-8-28)34(31,32)21-11-16(15-26)5-6-20(21)27(4)19-13-17(24)12-18(25)14-19/h5-6,11-14H,7-10H2,1-4H3. The Kier molecular flexibility index (Phi) is 7.68. The number of carbonyl (C=O) groups excluding carboxylic acids is 1. The number of rotatable bonds is 4. The molecule has 0 aromatic heterocycles. The normalized spacial score (nSPS) is 15.0. The molecule has 11 heteroatoms. The third-order valence-electron chi connectivity index (χ3n) is 5.19. The van der Waals surface area contributed by atoms with Crippen molar-refractivity contribution in [3.05, 3.63) is 52.0 Å². The number of anilines is 2. The predicted molar refractivity (Wildman–Crippen MR) is 132 cm³/mol. The molecule has 1 fully saturated rings. The first-order chi connectivity index (χ1) is 15.8. The zero-order valence-corrected chi connectivity index (χ0v) is 21.7. The van der Waals surface area contributed by atoms with Crippen LogP contribution in [0.3, 0.4) is 0 Å². The molecule has 1 amide bonds. The van der Waals surface area contributed by atoms with E-state index in [0.29, 0.717) is 21.4 Å². The van der Waals surface area contributed by atoms with E-state index in [-0.39, 0.29) is 36.6 Å². The summed E-state index contributed by atoms with van der Waals surface area (Å²) in [7, 11) is -2.29. The van der Waals surface area contributed by atoms with E-state index in [2.05, 4.69) is 0 Å². The average Bonchev–Trinajstić information content (AvgIpc) is 2.76. The minimum absolute atomic E-state index is 0.0177. The lowest BCUT2D eigenvalue weighted by atomic mass is 10.2. The summed E-state index contributed by atoms with van der Waals surface area (Å²) in [5.41, 5.74) is 0.536. The van der Waals surface area contributed by atoms with Gasteiger partial charge in [0.25, 0.3) is 0 Å². The molecule has 0 aliphatic carbocycles. The molecule has 2 aromatic carbocycles. The van der Waals surface area contributed by atoms with Crippen LogP contribution in [0, 0.1) is 11.3 Å². The topological polar surface area (TPSA) is 94.0 Å². The van der Waals surface area contributed by atoms with Crippen LogP contribution >= 0.6 is 23.2 Å². The Bertz CT molecular complexity index is 1210. The van der Waals surface area contributed by atoms with E-state index in [4.69, 9.17) is 27.9 Å². The number of nitrogens with zero attached hydrogens (tertiary/aromatic N) is 4. The lowest BCUT2D eigenvalue weighted by Crippen LogP contribution is -2.51. The fourth-order valence-electron chi connectivity index (χ4n) is 3.52. The van der Waals surface area contributed by atoms with Gasteiger partial charge in [0.1, 0.15) is 10.5 Å². The summed E-state index contributed by atoms with van der Waals surface area (Å²) in [6.07, 6.45) is -0.478. The maximum atomic E-state index is 13.7. The quantitative estimate of drug-likeness (QED) is 0.565. The molecule has 182 valence electrons. The largest absolute Gasteiger partial charge is 0.444 e. The lowest BCUT2D eigenvalue weighted by Gasteiger charge is -2.35. The lowest BCUT2D eigenvalue weighted by molar-refractivity contribution is 0.0192. The number of sulfonamides is 1. The van der Waals surface area contributed by atoms with Gasteiger partial charge in [-0.25, -0.2) is 13.2 Å². The first-order valence-corrected chi connectivity index (χ1v) is 12.7. The number of amides is 1. The Morgan fingerprint density at radius 2 is 1.65 bits per heavy atom. The van der Waals surface area contributed by atoms with E-state index in [1.807, 2.05) is 6.07 Å². The van der Waals surface area contributed by atoms with Crippen LogP contribution in [-0.4, -0.2) is 62.5 Å². The number of hydrogen-bond acceptors (Lipinski definition) is 6. The summed E-state index contributed by atoms with van der Waals surface area (Å²) in [4.78, 5) is 15.5. The minimum atomic E-state index is -3.99. The second-order valence-corrected chi connectivity index (χ2v) is 11.6. The van der Waals surface area contributed by atoms with Gasteiger partial charge >= 0.3 is 6.09 Å². The van der Waals surface area contributed by atoms with Crippen LogP contribution < -0.4 is 4.90 Å². The minimum Gasteiger partial charge on any atom is -0.444 e. The Morgan fingerprint density at radius 3 is 2.18 bits per heavy atom. The van der Waals surface area contributed by atoms with Crippen molar-refractivity contribution in [1.29, 1.82) is 5.26 Å². The SMILES string of the molecule is CN(c1cc(Cl)cc(Cl)c1)c1ccc(C#N)cc1S(=O)(=O)N1CCN(C(=O)OC(C)(C)C)CC1. The van der Waals surface area contributed by atoms with Gasteiger partial charge in [0, 0.05) is 49.0 Å². The van der Waals surface area contributed by atoms with Crippen molar-refractivity contribution in [2.75, 3.05) is 38.1 Å². The van der Waals surface area contributed by atoms with Gasteiger partial charge in [0.15, 0.2) is 0 Å². The second-order valence-electron chi connectivity index (χ2n) is 8.85. The van der Waals surface area contributed by atoms with Crippen molar-refractivity contribution in [2.45, 2.75) is 31.3 Å². The van der Waals surface area contributed by atoms with Crippen LogP contribution in [-0.2, 0) is 14.8 Å². The van der Waals surface area contributed by atoms with Gasteiger partial charge < -0.3 is 14.5 Å². The zero-order valence-electron chi connectivity index (χ0n) is 19.4. The Hall–Kier alpha value is -2.51.